The van der Waals surface area contributed by atoms with Crippen molar-refractivity contribution in [3.63, 3.8) is 0 Å². The van der Waals surface area contributed by atoms with E-state index in [-0.39, 0.29) is 24.6 Å². The highest BCUT2D eigenvalue weighted by Crippen LogP contribution is 2.67. The van der Waals surface area contributed by atoms with Crippen LogP contribution in [0.2, 0.25) is 0 Å². The van der Waals surface area contributed by atoms with Gasteiger partial charge in [0.25, 0.3) is 0 Å². The summed E-state index contributed by atoms with van der Waals surface area (Å²) in [6.45, 7) is 14.6. The molecule has 0 aliphatic heterocycles. The van der Waals surface area contributed by atoms with Crippen LogP contribution in [-0.2, 0) is 13.6 Å². The van der Waals surface area contributed by atoms with E-state index in [2.05, 4.69) is 40.7 Å². The Bertz CT molecular complexity index is 857. The van der Waals surface area contributed by atoms with Crippen LogP contribution in [0.1, 0.15) is 105 Å². The van der Waals surface area contributed by atoms with Crippen LogP contribution in [0.5, 0.6) is 0 Å². The molecule has 0 aromatic carbocycles. The molecule has 4 aliphatic carbocycles. The van der Waals surface area contributed by atoms with Crippen molar-refractivity contribution >= 4 is 7.60 Å². The van der Waals surface area contributed by atoms with Gasteiger partial charge in [0.1, 0.15) is 0 Å². The molecule has 0 bridgehead atoms. The van der Waals surface area contributed by atoms with E-state index in [1.54, 1.807) is 12.2 Å². The van der Waals surface area contributed by atoms with Crippen molar-refractivity contribution in [3.8, 4) is 0 Å². The standard InChI is InChI=1S/C31H57N2O3P/c1-21(2)8-7-9-22(3)27-12-13-28-26-11-10-23-18-24(35-37(6,34)36-25(19-32)20-33)14-16-30(23,4)29(26)15-17-31(27,28)5/h10,21-22,24-29H,7-9,11-20,32-33H2,1-6H3. The smallest absolute Gasteiger partial charge is 0.328 e. The van der Waals surface area contributed by atoms with Crippen molar-refractivity contribution in [2.45, 2.75) is 117 Å². The van der Waals surface area contributed by atoms with Crippen molar-refractivity contribution in [2.75, 3.05) is 19.8 Å². The van der Waals surface area contributed by atoms with Crippen LogP contribution in [0.25, 0.3) is 0 Å². The van der Waals surface area contributed by atoms with Crippen LogP contribution < -0.4 is 11.5 Å². The Morgan fingerprint density at radius 3 is 2.43 bits per heavy atom. The van der Waals surface area contributed by atoms with Crippen LogP contribution >= 0.6 is 7.60 Å². The van der Waals surface area contributed by atoms with Gasteiger partial charge in [-0.1, -0.05) is 65.5 Å². The van der Waals surface area contributed by atoms with Crippen molar-refractivity contribution in [1.29, 1.82) is 0 Å². The summed E-state index contributed by atoms with van der Waals surface area (Å²) < 4.78 is 24.8. The Balaban J connectivity index is 1.42. The highest BCUT2D eigenvalue weighted by molar-refractivity contribution is 7.53. The van der Waals surface area contributed by atoms with Crippen LogP contribution in [-0.4, -0.2) is 32.0 Å². The van der Waals surface area contributed by atoms with E-state index in [9.17, 15) is 4.57 Å². The molecule has 0 radical (unpaired) electrons. The second-order valence-corrected chi connectivity index (χ2v) is 16.2. The fourth-order valence-electron chi connectivity index (χ4n) is 9.49. The second-order valence-electron chi connectivity index (χ2n) is 14.2. The molecule has 0 saturated heterocycles. The maximum atomic E-state index is 13.0. The molecule has 4 rings (SSSR count). The first-order valence-electron chi connectivity index (χ1n) is 15.5. The predicted molar refractivity (Wildman–Crippen MR) is 154 cm³/mol. The zero-order valence-corrected chi connectivity index (χ0v) is 25.6. The molecule has 0 amide bonds. The van der Waals surface area contributed by atoms with E-state index in [0.717, 1.165) is 54.8 Å². The maximum absolute atomic E-state index is 13.0. The van der Waals surface area contributed by atoms with Gasteiger partial charge >= 0.3 is 7.60 Å². The first-order chi connectivity index (χ1) is 17.4. The normalized spacial score (nSPS) is 40.1. The van der Waals surface area contributed by atoms with Gasteiger partial charge in [-0.15, -0.1) is 0 Å². The van der Waals surface area contributed by atoms with Crippen molar-refractivity contribution in [2.24, 2.45) is 57.8 Å². The summed E-state index contributed by atoms with van der Waals surface area (Å²) >= 11 is 0. The topological polar surface area (TPSA) is 87.6 Å². The monoisotopic (exact) mass is 536 g/mol. The molecule has 3 saturated carbocycles. The molecule has 9 atom stereocenters. The van der Waals surface area contributed by atoms with Gasteiger partial charge in [0, 0.05) is 19.8 Å². The third kappa shape index (κ3) is 6.12. The molecule has 0 spiro atoms. The average molecular weight is 537 g/mol. The first kappa shape index (κ1) is 29.8. The van der Waals surface area contributed by atoms with Crippen molar-refractivity contribution in [3.05, 3.63) is 11.6 Å². The van der Waals surface area contributed by atoms with Gasteiger partial charge in [-0.3, -0.25) is 4.57 Å². The Labute approximate surface area is 227 Å². The van der Waals surface area contributed by atoms with Crippen LogP contribution in [0.15, 0.2) is 11.6 Å². The molecular formula is C31H57N2O3P. The van der Waals surface area contributed by atoms with Gasteiger partial charge in [0.15, 0.2) is 0 Å². The molecule has 0 heterocycles. The predicted octanol–water partition coefficient (Wildman–Crippen LogP) is 7.54. The van der Waals surface area contributed by atoms with E-state index in [1.807, 2.05) is 0 Å². The van der Waals surface area contributed by atoms with Gasteiger partial charge in [-0.2, -0.15) is 0 Å². The fraction of sp³-hybridized carbons (Fsp3) is 0.935. The number of fused-ring (bicyclic) bond motifs is 5. The maximum Gasteiger partial charge on any atom is 0.328 e. The highest BCUT2D eigenvalue weighted by Gasteiger charge is 2.59. The minimum absolute atomic E-state index is 0.0423. The Morgan fingerprint density at radius 2 is 1.76 bits per heavy atom. The Morgan fingerprint density at radius 1 is 1.03 bits per heavy atom. The molecule has 3 fully saturated rings. The minimum Gasteiger partial charge on any atom is -0.328 e. The van der Waals surface area contributed by atoms with Crippen LogP contribution in [0, 0.1) is 46.3 Å². The average Bonchev–Trinajstić information content (AvgIpc) is 3.19. The van der Waals surface area contributed by atoms with E-state index >= 15 is 0 Å². The fourth-order valence-corrected chi connectivity index (χ4v) is 11.0. The summed E-state index contributed by atoms with van der Waals surface area (Å²) in [4.78, 5) is 0. The second kappa shape index (κ2) is 11.7. The minimum atomic E-state index is -3.19. The molecule has 0 aromatic rings. The molecule has 5 nitrogen and oxygen atoms in total. The zero-order chi connectivity index (χ0) is 27.0. The van der Waals surface area contributed by atoms with Crippen LogP contribution in [0.3, 0.4) is 0 Å². The lowest BCUT2D eigenvalue weighted by Gasteiger charge is -2.58. The molecule has 6 heteroatoms. The lowest BCUT2D eigenvalue weighted by molar-refractivity contribution is -0.0566. The molecule has 4 N–H and O–H groups in total. The largest absolute Gasteiger partial charge is 0.328 e. The third-order valence-corrected chi connectivity index (χ3v) is 12.8. The van der Waals surface area contributed by atoms with E-state index in [0.29, 0.717) is 5.41 Å². The van der Waals surface area contributed by atoms with Gasteiger partial charge in [-0.25, -0.2) is 0 Å². The van der Waals surface area contributed by atoms with Crippen molar-refractivity contribution in [1.82, 2.24) is 0 Å². The lowest BCUT2D eigenvalue weighted by Crippen LogP contribution is -2.51. The van der Waals surface area contributed by atoms with Gasteiger partial charge in [-0.05, 0) is 97.7 Å². The summed E-state index contributed by atoms with van der Waals surface area (Å²) in [5.74, 6) is 5.06. The Hall–Kier alpha value is -0.190. The summed E-state index contributed by atoms with van der Waals surface area (Å²) in [5, 5.41) is 0. The zero-order valence-electron chi connectivity index (χ0n) is 24.7. The summed E-state index contributed by atoms with van der Waals surface area (Å²) in [6, 6.07) is 0. The first-order valence-corrected chi connectivity index (χ1v) is 17.5. The molecule has 214 valence electrons. The molecule has 0 aromatic heterocycles. The van der Waals surface area contributed by atoms with Crippen molar-refractivity contribution < 1.29 is 13.6 Å². The number of allylic oxidation sites excluding steroid dienone is 1. The highest BCUT2D eigenvalue weighted by atomic mass is 31.2. The van der Waals surface area contributed by atoms with Gasteiger partial charge in [0.05, 0.1) is 12.2 Å². The van der Waals surface area contributed by atoms with Gasteiger partial charge in [0.2, 0.25) is 0 Å². The van der Waals surface area contributed by atoms with E-state index in [1.165, 1.54) is 51.4 Å². The summed E-state index contributed by atoms with van der Waals surface area (Å²) in [7, 11) is -3.19. The lowest BCUT2D eigenvalue weighted by atomic mass is 9.47. The third-order valence-electron chi connectivity index (χ3n) is 11.5. The summed E-state index contributed by atoms with van der Waals surface area (Å²) in [5.41, 5.74) is 13.7. The molecule has 9 unspecified atom stereocenters. The van der Waals surface area contributed by atoms with E-state index in [4.69, 9.17) is 20.5 Å². The number of rotatable bonds is 11. The number of hydrogen-bond donors (Lipinski definition) is 2. The quantitative estimate of drug-likeness (QED) is 0.210. The number of hydrogen-bond acceptors (Lipinski definition) is 5. The number of nitrogens with two attached hydrogens (primary N) is 2. The van der Waals surface area contributed by atoms with Gasteiger partial charge < -0.3 is 20.5 Å². The SMILES string of the molecule is CC(C)CCCC(C)C1CCC2C3CC=C4CC(OP(C)(=O)OC(CN)CN)CCC4(C)C3CCC12C. The Kier molecular flexibility index (Phi) is 9.45. The molecule has 4 aliphatic rings. The summed E-state index contributed by atoms with van der Waals surface area (Å²) in [6.07, 6.45) is 16.1. The molecule has 37 heavy (non-hydrogen) atoms. The van der Waals surface area contributed by atoms with E-state index < -0.39 is 13.7 Å². The molecular weight excluding hydrogens is 479 g/mol. The van der Waals surface area contributed by atoms with Crippen LogP contribution in [0.4, 0.5) is 0 Å².